The van der Waals surface area contributed by atoms with Crippen LogP contribution in [0.3, 0.4) is 0 Å². The third-order valence-corrected chi connectivity index (χ3v) is 3.27. The minimum atomic E-state index is 0.272. The van der Waals surface area contributed by atoms with Crippen LogP contribution in [0.1, 0.15) is 15.9 Å². The highest BCUT2D eigenvalue weighted by molar-refractivity contribution is 5.81. The molecule has 2 aromatic carbocycles. The van der Waals surface area contributed by atoms with E-state index in [4.69, 9.17) is 10.5 Å². The molecular weight excluding hydrogens is 264 g/mol. The van der Waals surface area contributed by atoms with E-state index in [1.165, 1.54) is 0 Å². The Kier molecular flexibility index (Phi) is 3.51. The van der Waals surface area contributed by atoms with Crippen LogP contribution in [0.4, 0.5) is 5.82 Å². The molecule has 0 bridgehead atoms. The van der Waals surface area contributed by atoms with E-state index in [1.807, 2.05) is 36.4 Å². The molecule has 0 aliphatic carbocycles. The summed E-state index contributed by atoms with van der Waals surface area (Å²) in [5, 5.41) is 1.01. The summed E-state index contributed by atoms with van der Waals surface area (Å²) in [6.45, 7) is 0.272. The number of hydrogen-bond donors (Lipinski definition) is 1. The molecule has 1 heterocycles. The number of nitrogen functional groups attached to an aromatic ring is 1. The van der Waals surface area contributed by atoms with Gasteiger partial charge in [-0.15, -0.1) is 0 Å². The molecule has 21 heavy (non-hydrogen) atoms. The van der Waals surface area contributed by atoms with E-state index in [1.54, 1.807) is 18.2 Å². The zero-order valence-corrected chi connectivity index (χ0v) is 11.3. The van der Waals surface area contributed by atoms with Gasteiger partial charge in [-0.1, -0.05) is 30.3 Å². The van der Waals surface area contributed by atoms with Crippen molar-refractivity contribution in [2.24, 2.45) is 0 Å². The molecule has 104 valence electrons. The summed E-state index contributed by atoms with van der Waals surface area (Å²) in [6.07, 6.45) is 0.775. The lowest BCUT2D eigenvalue weighted by molar-refractivity contribution is 0.111. The van der Waals surface area contributed by atoms with Gasteiger partial charge in [-0.05, 0) is 24.3 Å². The number of ether oxygens (including phenoxy) is 1. The predicted molar refractivity (Wildman–Crippen MR) is 82.3 cm³/mol. The van der Waals surface area contributed by atoms with Gasteiger partial charge < -0.3 is 10.5 Å². The number of benzene rings is 2. The number of pyridine rings is 1. The minimum absolute atomic E-state index is 0.272. The third kappa shape index (κ3) is 2.69. The van der Waals surface area contributed by atoms with Gasteiger partial charge in [-0.2, -0.15) is 0 Å². The first kappa shape index (κ1) is 13.1. The number of anilines is 1. The smallest absolute Gasteiger partial charge is 0.153 e. The van der Waals surface area contributed by atoms with Gasteiger partial charge in [0.2, 0.25) is 0 Å². The van der Waals surface area contributed by atoms with Gasteiger partial charge in [-0.3, -0.25) is 4.79 Å². The molecule has 4 heteroatoms. The summed E-state index contributed by atoms with van der Waals surface area (Å²) in [7, 11) is 0. The molecule has 0 amide bonds. The molecule has 0 saturated carbocycles. The van der Waals surface area contributed by atoms with Crippen molar-refractivity contribution in [3.05, 3.63) is 65.7 Å². The van der Waals surface area contributed by atoms with Crippen LogP contribution in [0.25, 0.3) is 10.9 Å². The van der Waals surface area contributed by atoms with E-state index in [2.05, 4.69) is 4.98 Å². The molecule has 0 saturated heterocycles. The summed E-state index contributed by atoms with van der Waals surface area (Å²) < 4.78 is 5.69. The van der Waals surface area contributed by atoms with Crippen molar-refractivity contribution >= 4 is 23.0 Å². The Morgan fingerprint density at radius 1 is 1.10 bits per heavy atom. The number of carbonyl (C=O) groups excluding carboxylic acids is 1. The summed E-state index contributed by atoms with van der Waals surface area (Å²) in [4.78, 5) is 15.3. The lowest BCUT2D eigenvalue weighted by Gasteiger charge is -2.10. The second kappa shape index (κ2) is 5.63. The van der Waals surface area contributed by atoms with Crippen molar-refractivity contribution in [1.82, 2.24) is 4.98 Å². The monoisotopic (exact) mass is 278 g/mol. The zero-order valence-electron chi connectivity index (χ0n) is 11.3. The maximum Gasteiger partial charge on any atom is 0.153 e. The number of rotatable bonds is 4. The van der Waals surface area contributed by atoms with Gasteiger partial charge in [0.15, 0.2) is 6.29 Å². The van der Waals surface area contributed by atoms with Crippen LogP contribution < -0.4 is 10.5 Å². The first-order valence-electron chi connectivity index (χ1n) is 6.59. The summed E-state index contributed by atoms with van der Waals surface area (Å²) in [6, 6.07) is 16.8. The Bertz CT molecular complexity index is 800. The van der Waals surface area contributed by atoms with Gasteiger partial charge in [-0.25, -0.2) is 4.98 Å². The van der Waals surface area contributed by atoms with E-state index in [-0.39, 0.29) is 6.61 Å². The Morgan fingerprint density at radius 2 is 1.86 bits per heavy atom. The summed E-state index contributed by atoms with van der Waals surface area (Å²) in [5.41, 5.74) is 8.13. The lowest BCUT2D eigenvalue weighted by Crippen LogP contribution is -2.03. The molecular formula is C17H14N2O2. The number of hydrogen-bond acceptors (Lipinski definition) is 4. The molecule has 1 aromatic heterocycles. The van der Waals surface area contributed by atoms with Gasteiger partial charge in [0.25, 0.3) is 0 Å². The number of para-hydroxylation sites is 2. The van der Waals surface area contributed by atoms with Gasteiger partial charge in [0.05, 0.1) is 11.1 Å². The third-order valence-electron chi connectivity index (χ3n) is 3.27. The van der Waals surface area contributed by atoms with Crippen LogP contribution in [0.15, 0.2) is 54.6 Å². The Morgan fingerprint density at radius 3 is 2.71 bits per heavy atom. The second-order valence-electron chi connectivity index (χ2n) is 4.67. The average Bonchev–Trinajstić information content (AvgIpc) is 2.53. The lowest BCUT2D eigenvalue weighted by atomic mass is 10.1. The number of fused-ring (bicyclic) bond motifs is 1. The topological polar surface area (TPSA) is 65.2 Å². The minimum Gasteiger partial charge on any atom is -0.488 e. The molecule has 0 atom stereocenters. The van der Waals surface area contributed by atoms with Crippen LogP contribution in [-0.2, 0) is 6.61 Å². The molecule has 0 radical (unpaired) electrons. The van der Waals surface area contributed by atoms with E-state index >= 15 is 0 Å². The number of carbonyl (C=O) groups is 1. The van der Waals surface area contributed by atoms with Gasteiger partial charge in [0.1, 0.15) is 18.2 Å². The molecule has 0 spiro atoms. The van der Waals surface area contributed by atoms with E-state index < -0.39 is 0 Å². The average molecular weight is 278 g/mol. The van der Waals surface area contributed by atoms with Crippen molar-refractivity contribution < 1.29 is 9.53 Å². The van der Waals surface area contributed by atoms with Crippen molar-refractivity contribution in [3.8, 4) is 5.75 Å². The normalized spacial score (nSPS) is 10.5. The molecule has 4 nitrogen and oxygen atoms in total. The first-order valence-corrected chi connectivity index (χ1v) is 6.59. The van der Waals surface area contributed by atoms with Crippen LogP contribution in [0, 0.1) is 0 Å². The van der Waals surface area contributed by atoms with Crippen LogP contribution in [0.5, 0.6) is 5.75 Å². The maximum atomic E-state index is 11.0. The van der Waals surface area contributed by atoms with Gasteiger partial charge in [0, 0.05) is 10.9 Å². The summed E-state index contributed by atoms with van der Waals surface area (Å²) >= 11 is 0. The highest BCUT2D eigenvalue weighted by Gasteiger charge is 2.07. The Labute approximate surface area is 122 Å². The highest BCUT2D eigenvalue weighted by Crippen LogP contribution is 2.22. The number of nitrogens with zero attached hydrogens (tertiary/aromatic N) is 1. The fourth-order valence-corrected chi connectivity index (χ4v) is 2.16. The standard InChI is InChI=1S/C17H14N2O2/c18-17-14(9-12-5-1-3-7-15(12)19-17)11-21-16-8-4-2-6-13(16)10-20/h1-10H,11H2,(H2,18,19). The van der Waals surface area contributed by atoms with Crippen LogP contribution in [-0.4, -0.2) is 11.3 Å². The van der Waals surface area contributed by atoms with Crippen LogP contribution >= 0.6 is 0 Å². The van der Waals surface area contributed by atoms with Crippen molar-refractivity contribution in [1.29, 1.82) is 0 Å². The molecule has 0 fully saturated rings. The zero-order chi connectivity index (χ0) is 14.7. The number of aldehydes is 1. The molecule has 0 aliphatic rings. The number of nitrogens with two attached hydrogens (primary N) is 1. The second-order valence-corrected chi connectivity index (χ2v) is 4.67. The summed E-state index contributed by atoms with van der Waals surface area (Å²) in [5.74, 6) is 0.984. The molecule has 0 aliphatic heterocycles. The Balaban J connectivity index is 1.88. The van der Waals surface area contributed by atoms with Crippen molar-refractivity contribution in [3.63, 3.8) is 0 Å². The fraction of sp³-hybridized carbons (Fsp3) is 0.0588. The van der Waals surface area contributed by atoms with Gasteiger partial charge >= 0.3 is 0 Å². The number of aromatic nitrogens is 1. The van der Waals surface area contributed by atoms with E-state index in [0.29, 0.717) is 17.1 Å². The van der Waals surface area contributed by atoms with Crippen molar-refractivity contribution in [2.45, 2.75) is 6.61 Å². The largest absolute Gasteiger partial charge is 0.488 e. The highest BCUT2D eigenvalue weighted by atomic mass is 16.5. The first-order chi connectivity index (χ1) is 10.3. The Hall–Kier alpha value is -2.88. The molecule has 0 unspecified atom stereocenters. The quantitative estimate of drug-likeness (QED) is 0.744. The molecule has 3 aromatic rings. The predicted octanol–water partition coefficient (Wildman–Crippen LogP) is 3.21. The SMILES string of the molecule is Nc1nc2ccccc2cc1COc1ccccc1C=O. The molecule has 3 rings (SSSR count). The fourth-order valence-electron chi connectivity index (χ4n) is 2.16. The molecule has 2 N–H and O–H groups in total. The maximum absolute atomic E-state index is 11.0. The van der Waals surface area contributed by atoms with Crippen molar-refractivity contribution in [2.75, 3.05) is 5.73 Å². The van der Waals surface area contributed by atoms with E-state index in [9.17, 15) is 4.79 Å². The van der Waals surface area contributed by atoms with Crippen LogP contribution in [0.2, 0.25) is 0 Å². The van der Waals surface area contributed by atoms with E-state index in [0.717, 1.165) is 22.8 Å².